The summed E-state index contributed by atoms with van der Waals surface area (Å²) in [7, 11) is 2.08. The third kappa shape index (κ3) is 2.15. The fraction of sp³-hybridized carbons (Fsp3) is 0.533. The first-order valence-corrected chi connectivity index (χ1v) is 7.04. The van der Waals surface area contributed by atoms with E-state index in [2.05, 4.69) is 23.9 Å². The van der Waals surface area contributed by atoms with E-state index < -0.39 is 0 Å². The van der Waals surface area contributed by atoms with E-state index >= 15 is 0 Å². The van der Waals surface area contributed by atoms with Crippen LogP contribution in [0, 0.1) is 5.92 Å². The molecule has 102 valence electrons. The summed E-state index contributed by atoms with van der Waals surface area (Å²) < 4.78 is 5.85. The highest BCUT2D eigenvalue weighted by molar-refractivity contribution is 5.86. The topological polar surface area (TPSA) is 55.3 Å². The molecule has 0 spiro atoms. The molecule has 0 radical (unpaired) electrons. The summed E-state index contributed by atoms with van der Waals surface area (Å²) in [5.41, 5.74) is 8.15. The first-order valence-electron chi connectivity index (χ1n) is 7.04. The Morgan fingerprint density at radius 1 is 1.32 bits per heavy atom. The summed E-state index contributed by atoms with van der Waals surface area (Å²) in [5, 5.41) is 0. The number of oxazole rings is 1. The Labute approximate surface area is 113 Å². The molecule has 0 saturated heterocycles. The Hall–Kier alpha value is -1.71. The number of anilines is 2. The predicted octanol–water partition coefficient (Wildman–Crippen LogP) is 3.42. The zero-order chi connectivity index (χ0) is 13.4. The van der Waals surface area contributed by atoms with Crippen LogP contribution >= 0.6 is 0 Å². The molecular weight excluding hydrogens is 238 g/mol. The Morgan fingerprint density at radius 3 is 2.84 bits per heavy atom. The van der Waals surface area contributed by atoms with Crippen LogP contribution in [0.3, 0.4) is 0 Å². The summed E-state index contributed by atoms with van der Waals surface area (Å²) in [6.07, 6.45) is 5.14. The average Bonchev–Trinajstić information content (AvgIpc) is 2.84. The Kier molecular flexibility index (Phi) is 3.09. The first-order chi connectivity index (χ1) is 9.16. The highest BCUT2D eigenvalue weighted by Crippen LogP contribution is 2.32. The maximum absolute atomic E-state index is 5.93. The largest absolute Gasteiger partial charge is 0.423 e. The predicted molar refractivity (Wildman–Crippen MR) is 78.2 cm³/mol. The quantitative estimate of drug-likeness (QED) is 0.839. The summed E-state index contributed by atoms with van der Waals surface area (Å²) in [6, 6.07) is 6.88. The van der Waals surface area contributed by atoms with Gasteiger partial charge in [-0.15, -0.1) is 0 Å². The van der Waals surface area contributed by atoms with Gasteiger partial charge in [0.15, 0.2) is 5.58 Å². The summed E-state index contributed by atoms with van der Waals surface area (Å²) in [4.78, 5) is 6.74. The fourth-order valence-electron chi connectivity index (χ4n) is 3.12. The van der Waals surface area contributed by atoms with Gasteiger partial charge in [-0.05, 0) is 30.9 Å². The normalized spacial score (nSPS) is 23.7. The van der Waals surface area contributed by atoms with Gasteiger partial charge < -0.3 is 15.1 Å². The number of nitrogens with two attached hydrogens (primary N) is 1. The minimum Gasteiger partial charge on any atom is -0.423 e. The van der Waals surface area contributed by atoms with Crippen LogP contribution in [0.5, 0.6) is 0 Å². The molecular formula is C15H21N3O. The number of benzene rings is 1. The van der Waals surface area contributed by atoms with Gasteiger partial charge >= 0.3 is 0 Å². The van der Waals surface area contributed by atoms with Crippen molar-refractivity contribution in [2.75, 3.05) is 17.7 Å². The molecule has 2 aromatic rings. The van der Waals surface area contributed by atoms with Gasteiger partial charge in [-0.2, -0.15) is 4.98 Å². The van der Waals surface area contributed by atoms with Crippen LogP contribution in [0.2, 0.25) is 0 Å². The SMILES string of the molecule is CC1CCCCC1N(C)c1nc2c(N)cccc2o1. The molecule has 1 heterocycles. The van der Waals surface area contributed by atoms with Crippen molar-refractivity contribution in [3.63, 3.8) is 0 Å². The zero-order valence-electron chi connectivity index (χ0n) is 11.6. The molecule has 1 saturated carbocycles. The van der Waals surface area contributed by atoms with Crippen LogP contribution < -0.4 is 10.6 Å². The Morgan fingerprint density at radius 2 is 2.11 bits per heavy atom. The molecule has 1 aliphatic rings. The van der Waals surface area contributed by atoms with Crippen LogP contribution in [0.25, 0.3) is 11.1 Å². The van der Waals surface area contributed by atoms with E-state index in [4.69, 9.17) is 10.2 Å². The highest BCUT2D eigenvalue weighted by atomic mass is 16.4. The number of nitrogens with zero attached hydrogens (tertiary/aromatic N) is 2. The molecule has 0 bridgehead atoms. The molecule has 4 heteroatoms. The summed E-state index contributed by atoms with van der Waals surface area (Å²) in [5.74, 6) is 0.686. The van der Waals surface area contributed by atoms with Crippen LogP contribution in [-0.2, 0) is 0 Å². The molecule has 1 fully saturated rings. The van der Waals surface area contributed by atoms with Crippen molar-refractivity contribution in [3.05, 3.63) is 18.2 Å². The zero-order valence-corrected chi connectivity index (χ0v) is 11.6. The molecule has 1 aliphatic carbocycles. The number of fused-ring (bicyclic) bond motifs is 1. The van der Waals surface area contributed by atoms with Crippen molar-refractivity contribution in [1.29, 1.82) is 0 Å². The van der Waals surface area contributed by atoms with Gasteiger partial charge in [0.1, 0.15) is 5.52 Å². The third-order valence-electron chi connectivity index (χ3n) is 4.30. The van der Waals surface area contributed by atoms with E-state index in [0.717, 1.165) is 11.1 Å². The Balaban J connectivity index is 1.92. The number of para-hydroxylation sites is 1. The van der Waals surface area contributed by atoms with Gasteiger partial charge in [0, 0.05) is 13.1 Å². The number of hydrogen-bond acceptors (Lipinski definition) is 4. The van der Waals surface area contributed by atoms with E-state index in [1.54, 1.807) is 0 Å². The van der Waals surface area contributed by atoms with Crippen molar-refractivity contribution in [2.45, 2.75) is 38.6 Å². The average molecular weight is 259 g/mol. The van der Waals surface area contributed by atoms with E-state index in [0.29, 0.717) is 23.7 Å². The van der Waals surface area contributed by atoms with Crippen molar-refractivity contribution in [1.82, 2.24) is 4.98 Å². The highest BCUT2D eigenvalue weighted by Gasteiger charge is 2.27. The Bertz CT molecular complexity index is 578. The van der Waals surface area contributed by atoms with Crippen molar-refractivity contribution >= 4 is 22.8 Å². The number of hydrogen-bond donors (Lipinski definition) is 1. The van der Waals surface area contributed by atoms with Gasteiger partial charge in [0.25, 0.3) is 6.01 Å². The first kappa shape index (κ1) is 12.3. The molecule has 0 amide bonds. The molecule has 2 unspecified atom stereocenters. The van der Waals surface area contributed by atoms with Gasteiger partial charge in [-0.25, -0.2) is 0 Å². The lowest BCUT2D eigenvalue weighted by Crippen LogP contribution is -2.39. The monoisotopic (exact) mass is 259 g/mol. The smallest absolute Gasteiger partial charge is 0.298 e. The number of rotatable bonds is 2. The van der Waals surface area contributed by atoms with Gasteiger partial charge in [-0.3, -0.25) is 0 Å². The molecule has 2 N–H and O–H groups in total. The molecule has 1 aromatic heterocycles. The van der Waals surface area contributed by atoms with Gasteiger partial charge in [-0.1, -0.05) is 25.8 Å². The summed E-state index contributed by atoms with van der Waals surface area (Å²) in [6.45, 7) is 2.32. The summed E-state index contributed by atoms with van der Waals surface area (Å²) >= 11 is 0. The lowest BCUT2D eigenvalue weighted by molar-refractivity contribution is 0.312. The lowest BCUT2D eigenvalue weighted by atomic mass is 9.85. The molecule has 4 nitrogen and oxygen atoms in total. The second-order valence-electron chi connectivity index (χ2n) is 5.63. The maximum atomic E-state index is 5.93. The van der Waals surface area contributed by atoms with E-state index in [9.17, 15) is 0 Å². The van der Waals surface area contributed by atoms with Crippen LogP contribution in [0.15, 0.2) is 22.6 Å². The van der Waals surface area contributed by atoms with E-state index in [-0.39, 0.29) is 0 Å². The van der Waals surface area contributed by atoms with Crippen LogP contribution in [0.4, 0.5) is 11.7 Å². The van der Waals surface area contributed by atoms with Gasteiger partial charge in [0.2, 0.25) is 0 Å². The van der Waals surface area contributed by atoms with Crippen molar-refractivity contribution in [3.8, 4) is 0 Å². The minimum atomic E-state index is 0.517. The second kappa shape index (κ2) is 4.76. The molecule has 0 aliphatic heterocycles. The minimum absolute atomic E-state index is 0.517. The number of nitrogen functional groups attached to an aromatic ring is 1. The third-order valence-corrected chi connectivity index (χ3v) is 4.30. The number of aromatic nitrogens is 1. The molecule has 19 heavy (non-hydrogen) atoms. The maximum Gasteiger partial charge on any atom is 0.298 e. The molecule has 3 rings (SSSR count). The van der Waals surface area contributed by atoms with Crippen LogP contribution in [-0.4, -0.2) is 18.1 Å². The fourth-order valence-corrected chi connectivity index (χ4v) is 3.12. The van der Waals surface area contributed by atoms with Crippen LogP contribution in [0.1, 0.15) is 32.6 Å². The van der Waals surface area contributed by atoms with Gasteiger partial charge in [0.05, 0.1) is 5.69 Å². The van der Waals surface area contributed by atoms with Crippen molar-refractivity contribution in [2.24, 2.45) is 5.92 Å². The standard InChI is InChI=1S/C15H21N3O/c1-10-6-3-4-8-12(10)18(2)15-17-14-11(16)7-5-9-13(14)19-15/h5,7,9-10,12H,3-4,6,8,16H2,1-2H3. The van der Waals surface area contributed by atoms with Crippen molar-refractivity contribution < 1.29 is 4.42 Å². The second-order valence-corrected chi connectivity index (χ2v) is 5.63. The lowest BCUT2D eigenvalue weighted by Gasteiger charge is -2.35. The molecule has 1 aromatic carbocycles. The molecule has 2 atom stereocenters. The van der Waals surface area contributed by atoms with E-state index in [1.165, 1.54) is 25.7 Å². The van der Waals surface area contributed by atoms with E-state index in [1.807, 2.05) is 18.2 Å².